The molecule has 84 valence electrons. The molecule has 0 aliphatic heterocycles. The lowest BCUT2D eigenvalue weighted by atomic mass is 10.1. The van der Waals surface area contributed by atoms with Gasteiger partial charge in [0, 0.05) is 22.7 Å². The normalized spacial score (nSPS) is 13.1. The Morgan fingerprint density at radius 2 is 2.13 bits per heavy atom. The minimum Gasteiger partial charge on any atom is -0.307 e. The molecular weight excluding hydrogens is 299 g/mol. The maximum atomic E-state index is 4.47. The highest BCUT2D eigenvalue weighted by Crippen LogP contribution is 2.06. The average molecular weight is 318 g/mol. The van der Waals surface area contributed by atoms with E-state index in [1.807, 2.05) is 13.0 Å². The first kappa shape index (κ1) is 12.9. The molecule has 1 unspecified atom stereocenters. The van der Waals surface area contributed by atoms with Crippen molar-refractivity contribution in [3.63, 3.8) is 0 Å². The van der Waals surface area contributed by atoms with Crippen LogP contribution < -0.4 is 5.32 Å². The lowest BCUT2D eigenvalue weighted by Gasteiger charge is -2.19. The molecule has 0 fully saturated rings. The first-order valence-corrected chi connectivity index (χ1v) is 6.88. The number of hydrogen-bond acceptors (Lipinski definition) is 2. The third-order valence-electron chi connectivity index (χ3n) is 2.46. The van der Waals surface area contributed by atoms with E-state index in [-0.39, 0.29) is 0 Å². The first-order valence-electron chi connectivity index (χ1n) is 5.35. The quantitative estimate of drug-likeness (QED) is 0.667. The molecule has 0 radical (unpaired) electrons. The zero-order valence-corrected chi connectivity index (χ0v) is 11.8. The molecule has 3 heteroatoms. The van der Waals surface area contributed by atoms with E-state index in [1.165, 1.54) is 0 Å². The minimum atomic E-state index is 0.577. The van der Waals surface area contributed by atoms with Gasteiger partial charge in [-0.05, 0) is 25.0 Å². The molecule has 0 aliphatic carbocycles. The first-order chi connectivity index (χ1) is 7.13. The van der Waals surface area contributed by atoms with Gasteiger partial charge in [-0.2, -0.15) is 0 Å². The van der Waals surface area contributed by atoms with Gasteiger partial charge in [0.2, 0.25) is 0 Å². The van der Waals surface area contributed by atoms with Gasteiger partial charge in [0.15, 0.2) is 0 Å². The van der Waals surface area contributed by atoms with Crippen molar-refractivity contribution in [3.8, 4) is 0 Å². The van der Waals surface area contributed by atoms with Crippen molar-refractivity contribution in [1.82, 2.24) is 10.3 Å². The molecule has 1 heterocycles. The second-order valence-electron chi connectivity index (χ2n) is 4.16. The summed E-state index contributed by atoms with van der Waals surface area (Å²) in [6.45, 7) is 7.40. The van der Waals surface area contributed by atoms with Crippen molar-refractivity contribution in [2.75, 3.05) is 4.43 Å². The Bertz CT molecular complexity index is 299. The maximum Gasteiger partial charge on any atom is 0.0544 e. The SMILES string of the molecule is Cc1cccc(CNC(CI)C(C)C)n1. The van der Waals surface area contributed by atoms with E-state index in [1.54, 1.807) is 0 Å². The zero-order valence-electron chi connectivity index (χ0n) is 9.63. The van der Waals surface area contributed by atoms with E-state index in [0.717, 1.165) is 22.4 Å². The lowest BCUT2D eigenvalue weighted by Crippen LogP contribution is -2.34. The summed E-state index contributed by atoms with van der Waals surface area (Å²) in [4.78, 5) is 4.47. The third kappa shape index (κ3) is 4.47. The predicted molar refractivity (Wildman–Crippen MR) is 73.3 cm³/mol. The summed E-state index contributed by atoms with van der Waals surface area (Å²) in [6, 6.07) is 6.74. The molecule has 1 N–H and O–H groups in total. The number of aryl methyl sites for hydroxylation is 1. The second kappa shape index (κ2) is 6.43. The van der Waals surface area contributed by atoms with Crippen LogP contribution in [0.1, 0.15) is 25.2 Å². The van der Waals surface area contributed by atoms with Crippen LogP contribution in [0.25, 0.3) is 0 Å². The van der Waals surface area contributed by atoms with E-state index < -0.39 is 0 Å². The average Bonchev–Trinajstić information content (AvgIpc) is 2.18. The van der Waals surface area contributed by atoms with Gasteiger partial charge < -0.3 is 5.32 Å². The summed E-state index contributed by atoms with van der Waals surface area (Å²) in [5.41, 5.74) is 2.22. The predicted octanol–water partition coefficient (Wildman–Crippen LogP) is 2.94. The van der Waals surface area contributed by atoms with Crippen molar-refractivity contribution >= 4 is 22.6 Å². The molecule has 0 aliphatic rings. The molecule has 0 saturated carbocycles. The van der Waals surface area contributed by atoms with Gasteiger partial charge >= 0.3 is 0 Å². The van der Waals surface area contributed by atoms with Crippen LogP contribution in [0.2, 0.25) is 0 Å². The summed E-state index contributed by atoms with van der Waals surface area (Å²) in [7, 11) is 0. The number of nitrogens with zero attached hydrogens (tertiary/aromatic N) is 1. The minimum absolute atomic E-state index is 0.577. The number of halogens is 1. The Morgan fingerprint density at radius 1 is 1.40 bits per heavy atom. The van der Waals surface area contributed by atoms with Gasteiger partial charge in [0.25, 0.3) is 0 Å². The standard InChI is InChI=1S/C12H19IN2/c1-9(2)12(7-13)14-8-11-6-4-5-10(3)15-11/h4-6,9,12,14H,7-8H2,1-3H3. The van der Waals surface area contributed by atoms with E-state index in [2.05, 4.69) is 58.9 Å². The smallest absolute Gasteiger partial charge is 0.0544 e. The van der Waals surface area contributed by atoms with E-state index >= 15 is 0 Å². The Labute approximate surface area is 106 Å². The summed E-state index contributed by atoms with van der Waals surface area (Å²) in [5, 5.41) is 3.54. The number of alkyl halides is 1. The third-order valence-corrected chi connectivity index (χ3v) is 3.41. The van der Waals surface area contributed by atoms with E-state index in [9.17, 15) is 0 Å². The molecule has 1 aromatic heterocycles. The van der Waals surface area contributed by atoms with Crippen LogP contribution in [0.5, 0.6) is 0 Å². The molecule has 1 atom stereocenters. The molecule has 0 aromatic carbocycles. The number of hydrogen-bond donors (Lipinski definition) is 1. The molecular formula is C12H19IN2. The number of pyridine rings is 1. The molecule has 2 nitrogen and oxygen atoms in total. The van der Waals surface area contributed by atoms with Crippen LogP contribution in [0, 0.1) is 12.8 Å². The summed E-state index contributed by atoms with van der Waals surface area (Å²) < 4.78 is 1.14. The van der Waals surface area contributed by atoms with Crippen molar-refractivity contribution < 1.29 is 0 Å². The highest BCUT2D eigenvalue weighted by atomic mass is 127. The van der Waals surface area contributed by atoms with Crippen LogP contribution in [0.4, 0.5) is 0 Å². The van der Waals surface area contributed by atoms with Gasteiger partial charge in [0.05, 0.1) is 5.69 Å². The Morgan fingerprint density at radius 3 is 2.67 bits per heavy atom. The molecule has 0 saturated heterocycles. The molecule has 0 bridgehead atoms. The highest BCUT2D eigenvalue weighted by Gasteiger charge is 2.10. The fourth-order valence-electron chi connectivity index (χ4n) is 1.40. The number of aromatic nitrogens is 1. The summed E-state index contributed by atoms with van der Waals surface area (Å²) in [5.74, 6) is 0.673. The van der Waals surface area contributed by atoms with Crippen molar-refractivity contribution in [3.05, 3.63) is 29.6 Å². The molecule has 15 heavy (non-hydrogen) atoms. The Hall–Kier alpha value is -0.160. The van der Waals surface area contributed by atoms with Gasteiger partial charge in [-0.15, -0.1) is 0 Å². The summed E-state index contributed by atoms with van der Waals surface area (Å²) in [6.07, 6.45) is 0. The van der Waals surface area contributed by atoms with Crippen LogP contribution in [-0.4, -0.2) is 15.5 Å². The van der Waals surface area contributed by atoms with Gasteiger partial charge in [0.1, 0.15) is 0 Å². The monoisotopic (exact) mass is 318 g/mol. The fraction of sp³-hybridized carbons (Fsp3) is 0.583. The summed E-state index contributed by atoms with van der Waals surface area (Å²) >= 11 is 2.43. The van der Waals surface area contributed by atoms with Crippen LogP contribution in [0.15, 0.2) is 18.2 Å². The van der Waals surface area contributed by atoms with Crippen molar-refractivity contribution in [2.24, 2.45) is 5.92 Å². The number of rotatable bonds is 5. The van der Waals surface area contributed by atoms with E-state index in [4.69, 9.17) is 0 Å². The molecule has 0 spiro atoms. The molecule has 1 rings (SSSR count). The Kier molecular flexibility index (Phi) is 5.53. The highest BCUT2D eigenvalue weighted by molar-refractivity contribution is 14.1. The van der Waals surface area contributed by atoms with Gasteiger partial charge in [-0.25, -0.2) is 0 Å². The Balaban J connectivity index is 2.49. The maximum absolute atomic E-state index is 4.47. The largest absolute Gasteiger partial charge is 0.307 e. The van der Waals surface area contributed by atoms with E-state index in [0.29, 0.717) is 12.0 Å². The molecule has 1 aromatic rings. The fourth-order valence-corrected chi connectivity index (χ4v) is 2.73. The van der Waals surface area contributed by atoms with Crippen molar-refractivity contribution in [1.29, 1.82) is 0 Å². The molecule has 0 amide bonds. The van der Waals surface area contributed by atoms with Gasteiger partial charge in [-0.3, -0.25) is 4.98 Å². The van der Waals surface area contributed by atoms with Crippen LogP contribution in [0.3, 0.4) is 0 Å². The van der Waals surface area contributed by atoms with Crippen LogP contribution >= 0.6 is 22.6 Å². The van der Waals surface area contributed by atoms with Crippen LogP contribution in [-0.2, 0) is 6.54 Å². The number of nitrogens with one attached hydrogen (secondary N) is 1. The lowest BCUT2D eigenvalue weighted by molar-refractivity contribution is 0.434. The second-order valence-corrected chi connectivity index (χ2v) is 5.04. The van der Waals surface area contributed by atoms with Crippen molar-refractivity contribution in [2.45, 2.75) is 33.4 Å². The van der Waals surface area contributed by atoms with Gasteiger partial charge in [-0.1, -0.05) is 42.5 Å². The zero-order chi connectivity index (χ0) is 11.3. The topological polar surface area (TPSA) is 24.9 Å².